The molecule has 1 fully saturated rings. The van der Waals surface area contributed by atoms with Gasteiger partial charge in [0.25, 0.3) is 0 Å². The van der Waals surface area contributed by atoms with Gasteiger partial charge in [0, 0.05) is 24.9 Å². The highest BCUT2D eigenvalue weighted by Crippen LogP contribution is 2.16. The zero-order valence-electron chi connectivity index (χ0n) is 12.1. The molecule has 0 spiro atoms. The Bertz CT molecular complexity index is 470. The van der Waals surface area contributed by atoms with Gasteiger partial charge in [-0.25, -0.2) is 0 Å². The fraction of sp³-hybridized carbons (Fsp3) is 0.533. The summed E-state index contributed by atoms with van der Waals surface area (Å²) in [6, 6.07) is 3.91. The average molecular weight is 290 g/mol. The number of nitrogens with two attached hydrogens (primary N) is 1. The van der Waals surface area contributed by atoms with Gasteiger partial charge in [0.05, 0.1) is 6.54 Å². The SMILES string of the molecule is NC(=O)CN1CCC(C(=O)NCCc2ccncc2)CC1. The average Bonchev–Trinajstić information content (AvgIpc) is 2.48. The summed E-state index contributed by atoms with van der Waals surface area (Å²) < 4.78 is 0. The zero-order chi connectivity index (χ0) is 15.1. The van der Waals surface area contributed by atoms with E-state index in [4.69, 9.17) is 5.73 Å². The highest BCUT2D eigenvalue weighted by atomic mass is 16.2. The van der Waals surface area contributed by atoms with Crippen LogP contribution in [-0.4, -0.2) is 47.9 Å². The van der Waals surface area contributed by atoms with Crippen LogP contribution in [0.4, 0.5) is 0 Å². The minimum atomic E-state index is -0.310. The van der Waals surface area contributed by atoms with E-state index < -0.39 is 0 Å². The van der Waals surface area contributed by atoms with Gasteiger partial charge in [0.1, 0.15) is 0 Å². The molecule has 21 heavy (non-hydrogen) atoms. The number of rotatable bonds is 6. The standard InChI is InChI=1S/C15H22N4O2/c16-14(20)11-19-9-4-13(5-10-19)15(21)18-8-3-12-1-6-17-7-2-12/h1-2,6-7,13H,3-5,8-11H2,(H2,16,20)(H,18,21). The topological polar surface area (TPSA) is 88.3 Å². The molecule has 1 aliphatic heterocycles. The van der Waals surface area contributed by atoms with Gasteiger partial charge in [-0.1, -0.05) is 0 Å². The van der Waals surface area contributed by atoms with Crippen LogP contribution < -0.4 is 11.1 Å². The van der Waals surface area contributed by atoms with Gasteiger partial charge in [0.2, 0.25) is 11.8 Å². The summed E-state index contributed by atoms with van der Waals surface area (Å²) in [5.41, 5.74) is 6.34. The van der Waals surface area contributed by atoms with E-state index in [0.29, 0.717) is 6.54 Å². The third kappa shape index (κ3) is 5.15. The van der Waals surface area contributed by atoms with E-state index in [-0.39, 0.29) is 24.3 Å². The van der Waals surface area contributed by atoms with E-state index >= 15 is 0 Å². The van der Waals surface area contributed by atoms with Crippen molar-refractivity contribution in [1.82, 2.24) is 15.2 Å². The summed E-state index contributed by atoms with van der Waals surface area (Å²) in [6.45, 7) is 2.44. The van der Waals surface area contributed by atoms with Crippen molar-refractivity contribution in [3.8, 4) is 0 Å². The van der Waals surface area contributed by atoms with Crippen molar-refractivity contribution in [2.45, 2.75) is 19.3 Å². The summed E-state index contributed by atoms with van der Waals surface area (Å²) in [6.07, 6.45) is 5.90. The Morgan fingerprint density at radius 2 is 1.95 bits per heavy atom. The number of amides is 2. The molecule has 6 heteroatoms. The van der Waals surface area contributed by atoms with Crippen LogP contribution in [0.15, 0.2) is 24.5 Å². The zero-order valence-corrected chi connectivity index (χ0v) is 12.1. The number of aromatic nitrogens is 1. The summed E-state index contributed by atoms with van der Waals surface area (Å²) in [7, 11) is 0. The Balaban J connectivity index is 1.67. The largest absolute Gasteiger partial charge is 0.369 e. The van der Waals surface area contributed by atoms with Crippen molar-refractivity contribution < 1.29 is 9.59 Å². The number of pyridine rings is 1. The lowest BCUT2D eigenvalue weighted by molar-refractivity contribution is -0.126. The van der Waals surface area contributed by atoms with Gasteiger partial charge >= 0.3 is 0 Å². The highest BCUT2D eigenvalue weighted by Gasteiger charge is 2.25. The monoisotopic (exact) mass is 290 g/mol. The van der Waals surface area contributed by atoms with Crippen molar-refractivity contribution in [3.63, 3.8) is 0 Å². The number of carbonyl (C=O) groups is 2. The molecule has 0 bridgehead atoms. The van der Waals surface area contributed by atoms with E-state index in [1.54, 1.807) is 12.4 Å². The van der Waals surface area contributed by atoms with Crippen molar-refractivity contribution in [3.05, 3.63) is 30.1 Å². The molecule has 1 saturated heterocycles. The van der Waals surface area contributed by atoms with Crippen LogP contribution in [-0.2, 0) is 16.0 Å². The van der Waals surface area contributed by atoms with Crippen molar-refractivity contribution >= 4 is 11.8 Å². The minimum absolute atomic E-state index is 0.0477. The van der Waals surface area contributed by atoms with E-state index in [0.717, 1.165) is 32.4 Å². The molecule has 2 heterocycles. The molecule has 0 radical (unpaired) electrons. The second-order valence-electron chi connectivity index (χ2n) is 5.41. The number of likely N-dealkylation sites (tertiary alicyclic amines) is 1. The van der Waals surface area contributed by atoms with Gasteiger partial charge in [-0.15, -0.1) is 0 Å². The molecule has 0 atom stereocenters. The number of nitrogens with one attached hydrogen (secondary N) is 1. The Labute approximate surface area is 124 Å². The van der Waals surface area contributed by atoms with Gasteiger partial charge in [-0.3, -0.25) is 19.5 Å². The van der Waals surface area contributed by atoms with Crippen LogP contribution in [0.3, 0.4) is 0 Å². The molecular formula is C15H22N4O2. The lowest BCUT2D eigenvalue weighted by Gasteiger charge is -2.30. The van der Waals surface area contributed by atoms with Crippen LogP contribution in [0.25, 0.3) is 0 Å². The van der Waals surface area contributed by atoms with Crippen LogP contribution in [0, 0.1) is 5.92 Å². The van der Waals surface area contributed by atoms with Gasteiger partial charge in [-0.05, 0) is 50.0 Å². The van der Waals surface area contributed by atoms with Crippen LogP contribution in [0.2, 0.25) is 0 Å². The Hall–Kier alpha value is -1.95. The molecule has 1 aromatic heterocycles. The number of nitrogens with zero attached hydrogens (tertiary/aromatic N) is 2. The van der Waals surface area contributed by atoms with E-state index in [2.05, 4.69) is 10.3 Å². The smallest absolute Gasteiger partial charge is 0.231 e. The van der Waals surface area contributed by atoms with Crippen molar-refractivity contribution in [2.75, 3.05) is 26.2 Å². The number of primary amides is 1. The maximum Gasteiger partial charge on any atom is 0.231 e. The molecule has 114 valence electrons. The van der Waals surface area contributed by atoms with Gasteiger partial charge in [-0.2, -0.15) is 0 Å². The summed E-state index contributed by atoms with van der Waals surface area (Å²) >= 11 is 0. The molecule has 3 N–H and O–H groups in total. The molecule has 2 amide bonds. The fourth-order valence-electron chi connectivity index (χ4n) is 2.60. The highest BCUT2D eigenvalue weighted by molar-refractivity contribution is 5.79. The summed E-state index contributed by atoms with van der Waals surface area (Å²) in [4.78, 5) is 28.9. The minimum Gasteiger partial charge on any atom is -0.369 e. The molecule has 0 aromatic carbocycles. The molecule has 6 nitrogen and oxygen atoms in total. The molecule has 0 saturated carbocycles. The predicted molar refractivity (Wildman–Crippen MR) is 79.3 cm³/mol. The van der Waals surface area contributed by atoms with Crippen molar-refractivity contribution in [2.24, 2.45) is 11.7 Å². The van der Waals surface area contributed by atoms with Crippen LogP contribution in [0.1, 0.15) is 18.4 Å². The first-order valence-corrected chi connectivity index (χ1v) is 7.32. The number of piperidine rings is 1. The number of carbonyl (C=O) groups excluding carboxylic acids is 2. The third-order valence-corrected chi connectivity index (χ3v) is 3.80. The second kappa shape index (κ2) is 7.73. The summed E-state index contributed by atoms with van der Waals surface area (Å²) in [5, 5.41) is 2.99. The van der Waals surface area contributed by atoms with Crippen LogP contribution >= 0.6 is 0 Å². The Kier molecular flexibility index (Phi) is 5.68. The molecule has 1 aliphatic rings. The predicted octanol–water partition coefficient (Wildman–Crippen LogP) is -0.0624. The molecular weight excluding hydrogens is 268 g/mol. The lowest BCUT2D eigenvalue weighted by atomic mass is 9.96. The normalized spacial score (nSPS) is 16.6. The maximum atomic E-state index is 12.1. The quantitative estimate of drug-likeness (QED) is 0.768. The van der Waals surface area contributed by atoms with E-state index in [1.807, 2.05) is 17.0 Å². The Morgan fingerprint density at radius 1 is 1.29 bits per heavy atom. The summed E-state index contributed by atoms with van der Waals surface area (Å²) in [5.74, 6) is -0.149. The second-order valence-corrected chi connectivity index (χ2v) is 5.41. The third-order valence-electron chi connectivity index (χ3n) is 3.80. The maximum absolute atomic E-state index is 12.1. The first-order valence-electron chi connectivity index (χ1n) is 7.32. The van der Waals surface area contributed by atoms with Crippen LogP contribution in [0.5, 0.6) is 0 Å². The first kappa shape index (κ1) is 15.4. The Morgan fingerprint density at radius 3 is 2.57 bits per heavy atom. The molecule has 0 unspecified atom stereocenters. The first-order chi connectivity index (χ1) is 10.1. The van der Waals surface area contributed by atoms with E-state index in [9.17, 15) is 9.59 Å². The molecule has 2 rings (SSSR count). The molecule has 0 aliphatic carbocycles. The lowest BCUT2D eigenvalue weighted by Crippen LogP contribution is -2.43. The number of hydrogen-bond donors (Lipinski definition) is 2. The number of hydrogen-bond acceptors (Lipinski definition) is 4. The van der Waals surface area contributed by atoms with Gasteiger partial charge in [0.15, 0.2) is 0 Å². The molecule has 1 aromatic rings. The van der Waals surface area contributed by atoms with E-state index in [1.165, 1.54) is 5.56 Å². The van der Waals surface area contributed by atoms with Gasteiger partial charge < -0.3 is 11.1 Å². The fourth-order valence-corrected chi connectivity index (χ4v) is 2.60. The van der Waals surface area contributed by atoms with Crippen molar-refractivity contribution in [1.29, 1.82) is 0 Å².